The summed E-state index contributed by atoms with van der Waals surface area (Å²) in [5, 5.41) is 10.9. The lowest BCUT2D eigenvalue weighted by atomic mass is 9.93. The number of primary amides is 1. The summed E-state index contributed by atoms with van der Waals surface area (Å²) < 4.78 is 5.55. The SMILES string of the molecule is C[C@H]1CC[C@@H](C(N)=O)CN1CCOc1ccccc1[N+](=O)[O-]. The number of likely N-dealkylation sites (tertiary alicyclic amines) is 1. The van der Waals surface area contributed by atoms with E-state index in [2.05, 4.69) is 11.8 Å². The van der Waals surface area contributed by atoms with Crippen molar-refractivity contribution < 1.29 is 14.5 Å². The molecular formula is C15H21N3O4. The van der Waals surface area contributed by atoms with Crippen LogP contribution in [0.4, 0.5) is 5.69 Å². The lowest BCUT2D eigenvalue weighted by Gasteiger charge is -2.36. The summed E-state index contributed by atoms with van der Waals surface area (Å²) in [6.07, 6.45) is 1.73. The van der Waals surface area contributed by atoms with Crippen LogP contribution in [-0.2, 0) is 4.79 Å². The van der Waals surface area contributed by atoms with E-state index in [-0.39, 0.29) is 23.3 Å². The number of piperidine rings is 1. The second-order valence-corrected chi connectivity index (χ2v) is 5.59. The van der Waals surface area contributed by atoms with Crippen molar-refractivity contribution in [2.75, 3.05) is 19.7 Å². The summed E-state index contributed by atoms with van der Waals surface area (Å²) in [6, 6.07) is 6.67. The molecule has 0 unspecified atom stereocenters. The smallest absolute Gasteiger partial charge is 0.310 e. The predicted molar refractivity (Wildman–Crippen MR) is 81.5 cm³/mol. The molecule has 1 saturated heterocycles. The molecule has 120 valence electrons. The van der Waals surface area contributed by atoms with Gasteiger partial charge in [0, 0.05) is 25.2 Å². The minimum absolute atomic E-state index is 0.0378. The molecule has 1 aromatic rings. The number of carbonyl (C=O) groups excluding carboxylic acids is 1. The van der Waals surface area contributed by atoms with Gasteiger partial charge in [-0.1, -0.05) is 12.1 Å². The van der Waals surface area contributed by atoms with Crippen LogP contribution in [-0.4, -0.2) is 41.5 Å². The van der Waals surface area contributed by atoms with Crippen LogP contribution < -0.4 is 10.5 Å². The summed E-state index contributed by atoms with van der Waals surface area (Å²) in [4.78, 5) is 23.9. The van der Waals surface area contributed by atoms with Crippen LogP contribution in [0, 0.1) is 16.0 Å². The number of nitrogens with two attached hydrogens (primary N) is 1. The molecule has 1 fully saturated rings. The highest BCUT2D eigenvalue weighted by molar-refractivity contribution is 5.76. The molecule has 1 amide bonds. The van der Waals surface area contributed by atoms with Gasteiger partial charge in [0.25, 0.3) is 0 Å². The Morgan fingerprint density at radius 1 is 1.45 bits per heavy atom. The van der Waals surface area contributed by atoms with Gasteiger partial charge >= 0.3 is 5.69 Å². The zero-order valence-corrected chi connectivity index (χ0v) is 12.6. The molecule has 0 spiro atoms. The first-order valence-corrected chi connectivity index (χ1v) is 7.38. The molecule has 1 heterocycles. The average molecular weight is 307 g/mol. The van der Waals surface area contributed by atoms with Gasteiger partial charge in [0.2, 0.25) is 5.91 Å². The molecule has 0 bridgehead atoms. The monoisotopic (exact) mass is 307 g/mol. The first-order chi connectivity index (χ1) is 10.5. The van der Waals surface area contributed by atoms with Gasteiger partial charge in [0.15, 0.2) is 5.75 Å². The predicted octanol–water partition coefficient (Wildman–Crippen LogP) is 1.56. The minimum Gasteiger partial charge on any atom is -0.485 e. The van der Waals surface area contributed by atoms with E-state index < -0.39 is 4.92 Å². The van der Waals surface area contributed by atoms with E-state index in [4.69, 9.17) is 10.5 Å². The number of nitro groups is 1. The van der Waals surface area contributed by atoms with E-state index in [0.29, 0.717) is 25.7 Å². The van der Waals surface area contributed by atoms with Crippen molar-refractivity contribution in [3.05, 3.63) is 34.4 Å². The van der Waals surface area contributed by atoms with E-state index in [1.54, 1.807) is 18.2 Å². The maximum absolute atomic E-state index is 11.3. The van der Waals surface area contributed by atoms with Crippen LogP contribution in [0.25, 0.3) is 0 Å². The second-order valence-electron chi connectivity index (χ2n) is 5.59. The summed E-state index contributed by atoms with van der Waals surface area (Å²) in [5.74, 6) is -0.123. The van der Waals surface area contributed by atoms with E-state index in [1.165, 1.54) is 6.07 Å². The third kappa shape index (κ3) is 3.94. The Labute approximate surface area is 129 Å². The fourth-order valence-electron chi connectivity index (χ4n) is 2.73. The third-order valence-electron chi connectivity index (χ3n) is 4.11. The second kappa shape index (κ2) is 7.22. The van der Waals surface area contributed by atoms with E-state index in [9.17, 15) is 14.9 Å². The van der Waals surface area contributed by atoms with E-state index in [0.717, 1.165) is 12.8 Å². The Bertz CT molecular complexity index is 549. The van der Waals surface area contributed by atoms with Gasteiger partial charge in [-0.3, -0.25) is 19.8 Å². The van der Waals surface area contributed by atoms with Gasteiger partial charge in [-0.05, 0) is 25.8 Å². The van der Waals surface area contributed by atoms with Crippen LogP contribution in [0.1, 0.15) is 19.8 Å². The number of ether oxygens (including phenoxy) is 1. The number of hydrogen-bond donors (Lipinski definition) is 1. The number of hydrogen-bond acceptors (Lipinski definition) is 5. The number of nitro benzene ring substituents is 1. The van der Waals surface area contributed by atoms with Crippen molar-refractivity contribution in [1.29, 1.82) is 0 Å². The summed E-state index contributed by atoms with van der Waals surface area (Å²) >= 11 is 0. The van der Waals surface area contributed by atoms with Crippen molar-refractivity contribution >= 4 is 11.6 Å². The molecule has 1 aliphatic rings. The lowest BCUT2D eigenvalue weighted by Crippen LogP contribution is -2.47. The molecule has 22 heavy (non-hydrogen) atoms. The van der Waals surface area contributed by atoms with E-state index in [1.807, 2.05) is 0 Å². The zero-order valence-electron chi connectivity index (χ0n) is 12.6. The summed E-state index contributed by atoms with van der Waals surface area (Å²) in [6.45, 7) is 3.66. The van der Waals surface area contributed by atoms with Crippen molar-refractivity contribution in [1.82, 2.24) is 4.90 Å². The molecule has 7 heteroatoms. The van der Waals surface area contributed by atoms with Crippen LogP contribution in [0.15, 0.2) is 24.3 Å². The molecule has 1 aromatic carbocycles. The quantitative estimate of drug-likeness (QED) is 0.635. The average Bonchev–Trinajstić information content (AvgIpc) is 2.49. The van der Waals surface area contributed by atoms with Crippen LogP contribution >= 0.6 is 0 Å². The number of nitrogens with zero attached hydrogens (tertiary/aromatic N) is 2. The van der Waals surface area contributed by atoms with Gasteiger partial charge in [-0.15, -0.1) is 0 Å². The lowest BCUT2D eigenvalue weighted by molar-refractivity contribution is -0.385. The number of benzene rings is 1. The number of para-hydroxylation sites is 2. The maximum atomic E-state index is 11.3. The van der Waals surface area contributed by atoms with Crippen molar-refractivity contribution in [3.63, 3.8) is 0 Å². The first kappa shape index (κ1) is 16.2. The van der Waals surface area contributed by atoms with Crippen LogP contribution in [0.3, 0.4) is 0 Å². The highest BCUT2D eigenvalue weighted by atomic mass is 16.6. The normalized spacial score (nSPS) is 22.2. The van der Waals surface area contributed by atoms with Crippen LogP contribution in [0.5, 0.6) is 5.75 Å². The Hall–Kier alpha value is -2.15. The fraction of sp³-hybridized carbons (Fsp3) is 0.533. The van der Waals surface area contributed by atoms with Gasteiger partial charge in [0.1, 0.15) is 6.61 Å². The molecule has 1 aliphatic heterocycles. The Balaban J connectivity index is 1.90. The molecule has 2 rings (SSSR count). The molecule has 7 nitrogen and oxygen atoms in total. The van der Waals surface area contributed by atoms with Crippen LogP contribution in [0.2, 0.25) is 0 Å². The number of carbonyl (C=O) groups is 1. The number of rotatable bonds is 6. The third-order valence-corrected chi connectivity index (χ3v) is 4.11. The standard InChI is InChI=1S/C15H21N3O4/c1-11-6-7-12(15(16)19)10-17(11)8-9-22-14-5-3-2-4-13(14)18(20)21/h2-5,11-12H,6-10H2,1H3,(H2,16,19)/t11-,12+/m0/s1. The zero-order chi connectivity index (χ0) is 16.1. The van der Waals surface area contributed by atoms with Gasteiger partial charge < -0.3 is 10.5 Å². The van der Waals surface area contributed by atoms with Crippen molar-refractivity contribution in [3.8, 4) is 5.75 Å². The maximum Gasteiger partial charge on any atom is 0.310 e. The molecule has 2 N–H and O–H groups in total. The van der Waals surface area contributed by atoms with Gasteiger partial charge in [-0.25, -0.2) is 0 Å². The molecular weight excluding hydrogens is 286 g/mol. The largest absolute Gasteiger partial charge is 0.485 e. The Morgan fingerprint density at radius 2 is 2.18 bits per heavy atom. The van der Waals surface area contributed by atoms with Gasteiger partial charge in [0.05, 0.1) is 10.8 Å². The number of amides is 1. The van der Waals surface area contributed by atoms with E-state index >= 15 is 0 Å². The molecule has 0 radical (unpaired) electrons. The molecule has 0 aromatic heterocycles. The topological polar surface area (TPSA) is 98.7 Å². The highest BCUT2D eigenvalue weighted by Crippen LogP contribution is 2.26. The van der Waals surface area contributed by atoms with Crippen molar-refractivity contribution in [2.24, 2.45) is 11.7 Å². The molecule has 2 atom stereocenters. The fourth-order valence-corrected chi connectivity index (χ4v) is 2.73. The Kier molecular flexibility index (Phi) is 5.32. The summed E-state index contributed by atoms with van der Waals surface area (Å²) in [5.41, 5.74) is 5.34. The molecule has 0 aliphatic carbocycles. The Morgan fingerprint density at radius 3 is 2.86 bits per heavy atom. The van der Waals surface area contributed by atoms with Gasteiger partial charge in [-0.2, -0.15) is 0 Å². The van der Waals surface area contributed by atoms with Crippen molar-refractivity contribution in [2.45, 2.75) is 25.8 Å². The summed E-state index contributed by atoms with van der Waals surface area (Å²) in [7, 11) is 0. The first-order valence-electron chi connectivity index (χ1n) is 7.38. The highest BCUT2D eigenvalue weighted by Gasteiger charge is 2.28. The molecule has 0 saturated carbocycles. The minimum atomic E-state index is -0.456.